The summed E-state index contributed by atoms with van der Waals surface area (Å²) >= 11 is 0. The number of H-pyrrole nitrogens is 1. The van der Waals surface area contributed by atoms with E-state index in [4.69, 9.17) is 5.10 Å². The van der Waals surface area contributed by atoms with Gasteiger partial charge in [0.05, 0.1) is 11.0 Å². The van der Waals surface area contributed by atoms with Gasteiger partial charge >= 0.3 is 5.82 Å². The maximum Gasteiger partial charge on any atom is 0.313 e. The van der Waals surface area contributed by atoms with Gasteiger partial charge in [-0.1, -0.05) is 70.0 Å². The molecule has 1 N–H and O–H groups in total. The number of hydrogen-bond donors (Lipinski definition) is 1. The van der Waals surface area contributed by atoms with E-state index in [1.807, 2.05) is 0 Å². The zero-order chi connectivity index (χ0) is 20.5. The Morgan fingerprint density at radius 1 is 0.964 bits per heavy atom. The Bertz CT molecular complexity index is 958. The maximum atomic E-state index is 4.81. The molecule has 0 spiro atoms. The highest BCUT2D eigenvalue weighted by molar-refractivity contribution is 5.54. The van der Waals surface area contributed by atoms with Gasteiger partial charge in [-0.05, 0) is 56.4 Å². The average Bonchev–Trinajstić information content (AvgIpc) is 3.07. The van der Waals surface area contributed by atoms with Crippen LogP contribution in [0.15, 0.2) is 48.5 Å². The summed E-state index contributed by atoms with van der Waals surface area (Å²) in [7, 11) is 0. The normalized spacial score (nSPS) is 12.4. The molecule has 1 heterocycles. The Balaban J connectivity index is 2.34. The van der Waals surface area contributed by atoms with Crippen LogP contribution in [0.5, 0.6) is 0 Å². The molecule has 0 bridgehead atoms. The second kappa shape index (κ2) is 7.54. The molecule has 1 aromatic heterocycles. The molecule has 3 heteroatoms. The maximum absolute atomic E-state index is 4.81. The van der Waals surface area contributed by atoms with Crippen LogP contribution in [0.1, 0.15) is 71.3 Å². The second-order valence-corrected chi connectivity index (χ2v) is 9.50. The van der Waals surface area contributed by atoms with E-state index in [0.717, 1.165) is 30.1 Å². The fraction of sp³-hybridized carbons (Fsp3) is 0.440. The topological polar surface area (TPSA) is 32.6 Å². The van der Waals surface area contributed by atoms with Crippen LogP contribution in [0.4, 0.5) is 0 Å². The van der Waals surface area contributed by atoms with E-state index in [-0.39, 0.29) is 10.8 Å². The van der Waals surface area contributed by atoms with Gasteiger partial charge in [0.15, 0.2) is 0 Å². The molecule has 0 saturated heterocycles. The first-order valence-electron chi connectivity index (χ1n) is 10.3. The lowest BCUT2D eigenvalue weighted by Crippen LogP contribution is -2.44. The lowest BCUT2D eigenvalue weighted by molar-refractivity contribution is -0.598. The van der Waals surface area contributed by atoms with E-state index >= 15 is 0 Å². The molecule has 0 unspecified atom stereocenters. The van der Waals surface area contributed by atoms with Crippen molar-refractivity contribution in [3.63, 3.8) is 0 Å². The Labute approximate surface area is 169 Å². The standard InChI is InChI=1S/C25H33N3/c1-8-16-25(6,7)23-27-26-22(19-13-11-12-18(2)17-19)28(23)21-15-10-9-14-20(21)24(3,4)5/h9-15,17H,8,16H2,1-7H3/p+1. The summed E-state index contributed by atoms with van der Waals surface area (Å²) in [5, 5.41) is 8.22. The Kier molecular flexibility index (Phi) is 5.47. The highest BCUT2D eigenvalue weighted by Crippen LogP contribution is 2.31. The van der Waals surface area contributed by atoms with Gasteiger partial charge in [0.25, 0.3) is 0 Å². The fourth-order valence-electron chi connectivity index (χ4n) is 4.02. The number of rotatable bonds is 5. The summed E-state index contributed by atoms with van der Waals surface area (Å²) in [6.45, 7) is 15.8. The van der Waals surface area contributed by atoms with Gasteiger partial charge in [-0.3, -0.25) is 0 Å². The number of benzene rings is 2. The molecule has 28 heavy (non-hydrogen) atoms. The molecule has 0 atom stereocenters. The van der Waals surface area contributed by atoms with E-state index in [1.165, 1.54) is 16.8 Å². The van der Waals surface area contributed by atoms with Crippen molar-refractivity contribution in [1.82, 2.24) is 10.2 Å². The van der Waals surface area contributed by atoms with Crippen molar-refractivity contribution in [3.8, 4) is 17.1 Å². The molecule has 2 aromatic carbocycles. The van der Waals surface area contributed by atoms with Crippen molar-refractivity contribution < 1.29 is 4.57 Å². The smallest absolute Gasteiger partial charge is 0.193 e. The highest BCUT2D eigenvalue weighted by Gasteiger charge is 2.36. The summed E-state index contributed by atoms with van der Waals surface area (Å²) in [6.07, 6.45) is 2.23. The molecule has 0 aliphatic rings. The van der Waals surface area contributed by atoms with E-state index in [1.54, 1.807) is 0 Å². The van der Waals surface area contributed by atoms with Crippen molar-refractivity contribution in [2.45, 2.75) is 72.1 Å². The van der Waals surface area contributed by atoms with Crippen molar-refractivity contribution in [1.29, 1.82) is 0 Å². The fourth-order valence-corrected chi connectivity index (χ4v) is 4.02. The van der Waals surface area contributed by atoms with Crippen LogP contribution in [0.2, 0.25) is 0 Å². The third-order valence-electron chi connectivity index (χ3n) is 5.45. The first-order valence-corrected chi connectivity index (χ1v) is 10.3. The van der Waals surface area contributed by atoms with Crippen LogP contribution in [0.3, 0.4) is 0 Å². The van der Waals surface area contributed by atoms with Crippen molar-refractivity contribution in [3.05, 3.63) is 65.5 Å². The third kappa shape index (κ3) is 3.89. The lowest BCUT2D eigenvalue weighted by atomic mass is 9.84. The van der Waals surface area contributed by atoms with E-state index in [2.05, 4.69) is 107 Å². The van der Waals surface area contributed by atoms with Crippen LogP contribution >= 0.6 is 0 Å². The molecule has 148 valence electrons. The average molecular weight is 377 g/mol. The SMILES string of the molecule is CCCC(C)(C)c1[nH]nc(-c2cccc(C)c2)[n+]1-c1ccccc1C(C)(C)C. The zero-order valence-corrected chi connectivity index (χ0v) is 18.4. The molecular formula is C25H34N3+. The van der Waals surface area contributed by atoms with Gasteiger partial charge in [-0.2, -0.15) is 4.57 Å². The predicted octanol–water partition coefficient (Wildman–Crippen LogP) is 6.04. The van der Waals surface area contributed by atoms with Crippen molar-refractivity contribution in [2.75, 3.05) is 0 Å². The molecule has 3 aromatic rings. The lowest BCUT2D eigenvalue weighted by Gasteiger charge is -2.25. The third-order valence-corrected chi connectivity index (χ3v) is 5.45. The Hall–Kier alpha value is -2.42. The molecule has 3 nitrogen and oxygen atoms in total. The number of hydrogen-bond acceptors (Lipinski definition) is 1. The summed E-state index contributed by atoms with van der Waals surface area (Å²) in [4.78, 5) is 0. The molecule has 3 rings (SSSR count). The van der Waals surface area contributed by atoms with Crippen LogP contribution < -0.4 is 4.57 Å². The summed E-state index contributed by atoms with van der Waals surface area (Å²) in [5.41, 5.74) is 4.94. The van der Waals surface area contributed by atoms with Gasteiger partial charge in [-0.15, -0.1) is 5.10 Å². The Morgan fingerprint density at radius 3 is 2.32 bits per heavy atom. The number of nitrogens with zero attached hydrogens (tertiary/aromatic N) is 2. The van der Waals surface area contributed by atoms with Gasteiger partial charge < -0.3 is 0 Å². The monoisotopic (exact) mass is 376 g/mol. The Morgan fingerprint density at radius 2 is 1.68 bits per heavy atom. The van der Waals surface area contributed by atoms with Gasteiger partial charge in [0.1, 0.15) is 5.69 Å². The number of aromatic nitrogens is 3. The zero-order valence-electron chi connectivity index (χ0n) is 18.4. The second-order valence-electron chi connectivity index (χ2n) is 9.50. The minimum absolute atomic E-state index is 0.00514. The largest absolute Gasteiger partial charge is 0.313 e. The summed E-state index contributed by atoms with van der Waals surface area (Å²) in [5.74, 6) is 2.13. The van der Waals surface area contributed by atoms with Gasteiger partial charge in [0.2, 0.25) is 5.82 Å². The van der Waals surface area contributed by atoms with Gasteiger partial charge in [-0.25, -0.2) is 0 Å². The number of aryl methyl sites for hydroxylation is 1. The first kappa shape index (κ1) is 20.3. The molecule has 0 aliphatic carbocycles. The summed E-state index contributed by atoms with van der Waals surface area (Å²) in [6, 6.07) is 17.3. The van der Waals surface area contributed by atoms with Crippen LogP contribution in [0, 0.1) is 6.92 Å². The minimum atomic E-state index is -0.00514. The molecule has 0 aliphatic heterocycles. The molecular weight excluding hydrogens is 342 g/mol. The van der Waals surface area contributed by atoms with Crippen LogP contribution in [0.25, 0.3) is 17.1 Å². The van der Waals surface area contributed by atoms with Crippen LogP contribution in [-0.4, -0.2) is 10.2 Å². The quantitative estimate of drug-likeness (QED) is 0.541. The summed E-state index contributed by atoms with van der Waals surface area (Å²) < 4.78 is 2.35. The number of nitrogens with one attached hydrogen (secondary N) is 1. The molecule has 0 amide bonds. The molecule has 0 fully saturated rings. The number of para-hydroxylation sites is 1. The van der Waals surface area contributed by atoms with E-state index in [9.17, 15) is 0 Å². The van der Waals surface area contributed by atoms with Crippen molar-refractivity contribution >= 4 is 0 Å². The first-order chi connectivity index (χ1) is 13.1. The van der Waals surface area contributed by atoms with Crippen molar-refractivity contribution in [2.24, 2.45) is 0 Å². The van der Waals surface area contributed by atoms with E-state index < -0.39 is 0 Å². The molecule has 0 saturated carbocycles. The van der Waals surface area contributed by atoms with Gasteiger partial charge in [0, 0.05) is 5.10 Å². The highest BCUT2D eigenvalue weighted by atomic mass is 15.3. The minimum Gasteiger partial charge on any atom is -0.193 e. The molecule has 0 radical (unpaired) electrons. The van der Waals surface area contributed by atoms with Crippen LogP contribution in [-0.2, 0) is 10.8 Å². The number of aromatic amines is 1. The van der Waals surface area contributed by atoms with E-state index in [0.29, 0.717) is 0 Å². The predicted molar refractivity (Wildman–Crippen MR) is 117 cm³/mol.